The van der Waals surface area contributed by atoms with Gasteiger partial charge in [0.2, 0.25) is 0 Å². The Labute approximate surface area is 223 Å². The van der Waals surface area contributed by atoms with Gasteiger partial charge in [0.15, 0.2) is 0 Å². The van der Waals surface area contributed by atoms with Gasteiger partial charge in [0.1, 0.15) is 5.75 Å². The van der Waals surface area contributed by atoms with E-state index in [9.17, 15) is 9.59 Å². The van der Waals surface area contributed by atoms with Crippen molar-refractivity contribution in [2.75, 3.05) is 33.3 Å². The molecular weight excluding hydrogens is 476 g/mol. The SMILES string of the molecule is COc1ccc(-c2cc(C(=O)N3CCN(C(=O)NCc4ccccc4)CC3)c(C)n2-c2ccccc2)cc1. The lowest BCUT2D eigenvalue weighted by Crippen LogP contribution is -2.53. The fourth-order valence-corrected chi connectivity index (χ4v) is 4.88. The zero-order valence-corrected chi connectivity index (χ0v) is 21.8. The summed E-state index contributed by atoms with van der Waals surface area (Å²) >= 11 is 0. The number of rotatable bonds is 6. The van der Waals surface area contributed by atoms with Gasteiger partial charge in [0, 0.05) is 44.1 Å². The van der Waals surface area contributed by atoms with E-state index >= 15 is 0 Å². The van der Waals surface area contributed by atoms with Crippen molar-refractivity contribution < 1.29 is 14.3 Å². The topological polar surface area (TPSA) is 66.8 Å². The lowest BCUT2D eigenvalue weighted by atomic mass is 10.1. The van der Waals surface area contributed by atoms with E-state index in [1.807, 2.05) is 103 Å². The molecule has 4 aromatic rings. The zero-order valence-electron chi connectivity index (χ0n) is 21.8. The Morgan fingerprint density at radius 2 is 1.42 bits per heavy atom. The first-order valence-electron chi connectivity index (χ1n) is 12.8. The van der Waals surface area contributed by atoms with Crippen molar-refractivity contribution in [1.29, 1.82) is 0 Å². The van der Waals surface area contributed by atoms with Crippen LogP contribution in [0.4, 0.5) is 4.79 Å². The number of hydrogen-bond acceptors (Lipinski definition) is 3. The number of hydrogen-bond donors (Lipinski definition) is 1. The Balaban J connectivity index is 1.33. The van der Waals surface area contributed by atoms with E-state index in [1.54, 1.807) is 12.0 Å². The van der Waals surface area contributed by atoms with Crippen molar-refractivity contribution in [3.05, 3.63) is 108 Å². The van der Waals surface area contributed by atoms with Crippen LogP contribution in [0.15, 0.2) is 91.0 Å². The molecule has 0 aliphatic carbocycles. The minimum atomic E-state index is -0.103. The van der Waals surface area contributed by atoms with Crippen LogP contribution < -0.4 is 10.1 Å². The van der Waals surface area contributed by atoms with Crippen LogP contribution in [0.2, 0.25) is 0 Å². The molecule has 1 aliphatic heterocycles. The number of nitrogens with zero attached hydrogens (tertiary/aromatic N) is 3. The minimum Gasteiger partial charge on any atom is -0.497 e. The predicted octanol–water partition coefficient (Wildman–Crippen LogP) is 5.13. The molecule has 0 saturated carbocycles. The fourth-order valence-electron chi connectivity index (χ4n) is 4.88. The molecule has 7 nitrogen and oxygen atoms in total. The molecule has 1 N–H and O–H groups in total. The molecule has 7 heteroatoms. The summed E-state index contributed by atoms with van der Waals surface area (Å²) in [6.07, 6.45) is 0. The monoisotopic (exact) mass is 508 g/mol. The number of para-hydroxylation sites is 1. The Morgan fingerprint density at radius 1 is 0.816 bits per heavy atom. The van der Waals surface area contributed by atoms with Crippen LogP contribution in [-0.2, 0) is 6.54 Å². The van der Waals surface area contributed by atoms with E-state index in [-0.39, 0.29) is 11.9 Å². The second-order valence-electron chi connectivity index (χ2n) is 9.35. The van der Waals surface area contributed by atoms with E-state index in [4.69, 9.17) is 4.74 Å². The van der Waals surface area contributed by atoms with E-state index in [2.05, 4.69) is 9.88 Å². The predicted molar refractivity (Wildman–Crippen MR) is 149 cm³/mol. The molecule has 3 amide bonds. The maximum absolute atomic E-state index is 13.7. The number of methoxy groups -OCH3 is 1. The standard InChI is InChI=1S/C31H32N4O3/c1-23-28(21-29(25-13-15-27(38-2)16-14-25)35(23)26-11-7-4-8-12-26)30(36)33-17-19-34(20-18-33)31(37)32-22-24-9-5-3-6-10-24/h3-16,21H,17-20,22H2,1-2H3,(H,32,37). The molecule has 1 saturated heterocycles. The van der Waals surface area contributed by atoms with Crippen molar-refractivity contribution in [2.45, 2.75) is 13.5 Å². The van der Waals surface area contributed by atoms with Crippen LogP contribution >= 0.6 is 0 Å². The second kappa shape index (κ2) is 11.3. The largest absolute Gasteiger partial charge is 0.497 e. The number of amides is 3. The third-order valence-electron chi connectivity index (χ3n) is 7.02. The van der Waals surface area contributed by atoms with Crippen LogP contribution in [0.25, 0.3) is 16.9 Å². The van der Waals surface area contributed by atoms with Gasteiger partial charge >= 0.3 is 6.03 Å². The van der Waals surface area contributed by atoms with Gasteiger partial charge in [-0.1, -0.05) is 48.5 Å². The quantitative estimate of drug-likeness (QED) is 0.393. The Bertz CT molecular complexity index is 1390. The third-order valence-corrected chi connectivity index (χ3v) is 7.02. The van der Waals surface area contributed by atoms with E-state index in [0.29, 0.717) is 38.3 Å². The van der Waals surface area contributed by atoms with Crippen LogP contribution in [0.1, 0.15) is 21.6 Å². The number of urea groups is 1. The molecule has 0 bridgehead atoms. The van der Waals surface area contributed by atoms with Gasteiger partial charge in [-0.05, 0) is 60.5 Å². The minimum absolute atomic E-state index is 0.0173. The first kappa shape index (κ1) is 25.1. The van der Waals surface area contributed by atoms with Crippen LogP contribution in [0, 0.1) is 6.92 Å². The molecule has 0 radical (unpaired) electrons. The summed E-state index contributed by atoms with van der Waals surface area (Å²) in [5.41, 5.74) is 5.54. The highest BCUT2D eigenvalue weighted by Crippen LogP contribution is 2.31. The normalized spacial score (nSPS) is 13.3. The fraction of sp³-hybridized carbons (Fsp3) is 0.226. The van der Waals surface area contributed by atoms with Crippen molar-refractivity contribution in [3.8, 4) is 22.7 Å². The van der Waals surface area contributed by atoms with Crippen LogP contribution in [0.5, 0.6) is 5.75 Å². The number of piperazine rings is 1. The Hall–Kier alpha value is -4.52. The summed E-state index contributed by atoms with van der Waals surface area (Å²) < 4.78 is 7.46. The zero-order chi connectivity index (χ0) is 26.5. The lowest BCUT2D eigenvalue weighted by Gasteiger charge is -2.34. The number of benzene rings is 3. The number of ether oxygens (including phenoxy) is 1. The molecule has 1 aliphatic rings. The summed E-state index contributed by atoms with van der Waals surface area (Å²) in [4.78, 5) is 30.0. The second-order valence-corrected chi connectivity index (χ2v) is 9.35. The van der Waals surface area contributed by atoms with Crippen LogP contribution in [0.3, 0.4) is 0 Å². The molecule has 194 valence electrons. The van der Waals surface area contributed by atoms with Crippen molar-refractivity contribution in [3.63, 3.8) is 0 Å². The highest BCUT2D eigenvalue weighted by atomic mass is 16.5. The molecule has 5 rings (SSSR count). The van der Waals surface area contributed by atoms with Gasteiger partial charge in [-0.3, -0.25) is 4.79 Å². The number of nitrogens with one attached hydrogen (secondary N) is 1. The number of carbonyl (C=O) groups excluding carboxylic acids is 2. The van der Waals surface area contributed by atoms with Gasteiger partial charge < -0.3 is 24.4 Å². The van der Waals surface area contributed by atoms with Gasteiger partial charge in [0.05, 0.1) is 18.4 Å². The maximum Gasteiger partial charge on any atom is 0.317 e. The molecule has 2 heterocycles. The summed E-state index contributed by atoms with van der Waals surface area (Å²) in [5, 5.41) is 2.98. The van der Waals surface area contributed by atoms with Gasteiger partial charge in [0.25, 0.3) is 5.91 Å². The first-order chi connectivity index (χ1) is 18.5. The Morgan fingerprint density at radius 3 is 2.05 bits per heavy atom. The molecule has 0 atom stereocenters. The summed E-state index contributed by atoms with van der Waals surface area (Å²) in [5.74, 6) is 0.765. The highest BCUT2D eigenvalue weighted by molar-refractivity contribution is 5.97. The average Bonchev–Trinajstić information content (AvgIpc) is 3.33. The van der Waals surface area contributed by atoms with Gasteiger partial charge in [-0.2, -0.15) is 0 Å². The summed E-state index contributed by atoms with van der Waals surface area (Å²) in [7, 11) is 1.65. The van der Waals surface area contributed by atoms with E-state index in [0.717, 1.165) is 34.0 Å². The number of carbonyl (C=O) groups is 2. The molecule has 38 heavy (non-hydrogen) atoms. The van der Waals surface area contributed by atoms with Gasteiger partial charge in [-0.15, -0.1) is 0 Å². The molecule has 1 fully saturated rings. The first-order valence-corrected chi connectivity index (χ1v) is 12.8. The van der Waals surface area contributed by atoms with Crippen LogP contribution in [-0.4, -0.2) is 59.6 Å². The van der Waals surface area contributed by atoms with Crippen molar-refractivity contribution >= 4 is 11.9 Å². The average molecular weight is 509 g/mol. The van der Waals surface area contributed by atoms with Crippen molar-refractivity contribution in [1.82, 2.24) is 19.7 Å². The smallest absolute Gasteiger partial charge is 0.317 e. The summed E-state index contributed by atoms with van der Waals surface area (Å²) in [6, 6.07) is 29.7. The molecular formula is C31H32N4O3. The van der Waals surface area contributed by atoms with E-state index < -0.39 is 0 Å². The lowest BCUT2D eigenvalue weighted by molar-refractivity contribution is 0.0664. The summed E-state index contributed by atoms with van der Waals surface area (Å²) in [6.45, 7) is 4.45. The maximum atomic E-state index is 13.7. The highest BCUT2D eigenvalue weighted by Gasteiger charge is 2.28. The molecule has 0 spiro atoms. The van der Waals surface area contributed by atoms with Gasteiger partial charge in [-0.25, -0.2) is 4.79 Å². The molecule has 3 aromatic carbocycles. The molecule has 1 aromatic heterocycles. The van der Waals surface area contributed by atoms with E-state index in [1.165, 1.54) is 0 Å². The van der Waals surface area contributed by atoms with Crippen molar-refractivity contribution in [2.24, 2.45) is 0 Å². The molecule has 0 unspecified atom stereocenters. The Kier molecular flexibility index (Phi) is 7.45. The third kappa shape index (κ3) is 5.27. The number of aromatic nitrogens is 1.